The van der Waals surface area contributed by atoms with Crippen LogP contribution in [0.2, 0.25) is 0 Å². The lowest BCUT2D eigenvalue weighted by molar-refractivity contribution is -0.142. The van der Waals surface area contributed by atoms with Crippen molar-refractivity contribution < 1.29 is 9.90 Å². The summed E-state index contributed by atoms with van der Waals surface area (Å²) in [5.41, 5.74) is 0.600. The number of hydrogen-bond donors (Lipinski definition) is 1. The summed E-state index contributed by atoms with van der Waals surface area (Å²) in [5.74, 6) is -1.10. The van der Waals surface area contributed by atoms with Crippen LogP contribution in [0.15, 0.2) is 23.1 Å². The Labute approximate surface area is 88.2 Å². The first kappa shape index (κ1) is 11.5. The molecule has 0 amide bonds. The van der Waals surface area contributed by atoms with Crippen molar-refractivity contribution in [3.8, 4) is 0 Å². The number of aromatic nitrogens is 1. The number of carbonyl (C=O) groups is 1. The van der Waals surface area contributed by atoms with Crippen LogP contribution in [0.5, 0.6) is 0 Å². The van der Waals surface area contributed by atoms with Crippen LogP contribution >= 0.6 is 0 Å². The first-order chi connectivity index (χ1) is 6.93. The molecule has 1 aromatic heterocycles. The van der Waals surface area contributed by atoms with Crippen molar-refractivity contribution in [1.29, 1.82) is 0 Å². The highest BCUT2D eigenvalue weighted by Crippen LogP contribution is 2.16. The van der Waals surface area contributed by atoms with Gasteiger partial charge in [-0.15, -0.1) is 0 Å². The maximum atomic E-state index is 11.5. The summed E-state index contributed by atoms with van der Waals surface area (Å²) in [5, 5.41) is 9.05. The Morgan fingerprint density at radius 3 is 2.47 bits per heavy atom. The molecule has 1 unspecified atom stereocenters. The smallest absolute Gasteiger partial charge is 0.327 e. The van der Waals surface area contributed by atoms with Gasteiger partial charge in [-0.1, -0.05) is 19.9 Å². The average Bonchev–Trinajstić information content (AvgIpc) is 2.10. The van der Waals surface area contributed by atoms with E-state index in [1.165, 1.54) is 10.6 Å². The number of aryl methyl sites for hydroxylation is 1. The molecule has 0 aliphatic heterocycles. The summed E-state index contributed by atoms with van der Waals surface area (Å²) in [4.78, 5) is 22.6. The van der Waals surface area contributed by atoms with Gasteiger partial charge in [-0.25, -0.2) is 4.79 Å². The predicted octanol–water partition coefficient (Wildman–Crippen LogP) is 1.44. The average molecular weight is 209 g/mol. The van der Waals surface area contributed by atoms with Gasteiger partial charge >= 0.3 is 5.97 Å². The fraction of sp³-hybridized carbons (Fsp3) is 0.455. The predicted molar refractivity (Wildman–Crippen MR) is 56.9 cm³/mol. The highest BCUT2D eigenvalue weighted by Gasteiger charge is 2.23. The van der Waals surface area contributed by atoms with Gasteiger partial charge in [-0.05, 0) is 18.4 Å². The first-order valence-corrected chi connectivity index (χ1v) is 4.85. The molecular weight excluding hydrogens is 194 g/mol. The number of pyridine rings is 1. The fourth-order valence-corrected chi connectivity index (χ4v) is 1.56. The highest BCUT2D eigenvalue weighted by atomic mass is 16.4. The Hall–Kier alpha value is -1.58. The third kappa shape index (κ3) is 2.46. The van der Waals surface area contributed by atoms with Crippen molar-refractivity contribution in [3.63, 3.8) is 0 Å². The van der Waals surface area contributed by atoms with Gasteiger partial charge in [-0.3, -0.25) is 4.79 Å². The van der Waals surface area contributed by atoms with E-state index in [-0.39, 0.29) is 11.5 Å². The molecule has 0 saturated heterocycles. The second-order valence-electron chi connectivity index (χ2n) is 3.98. The minimum atomic E-state index is -0.974. The van der Waals surface area contributed by atoms with E-state index in [2.05, 4.69) is 0 Å². The number of aliphatic carboxylic acids is 1. The van der Waals surface area contributed by atoms with Crippen molar-refractivity contribution in [3.05, 3.63) is 34.2 Å². The molecule has 0 aliphatic carbocycles. The van der Waals surface area contributed by atoms with Gasteiger partial charge in [-0.2, -0.15) is 0 Å². The van der Waals surface area contributed by atoms with Crippen molar-refractivity contribution in [2.45, 2.75) is 26.8 Å². The van der Waals surface area contributed by atoms with Crippen molar-refractivity contribution in [2.75, 3.05) is 0 Å². The van der Waals surface area contributed by atoms with Crippen LogP contribution in [-0.2, 0) is 4.79 Å². The van der Waals surface area contributed by atoms with Gasteiger partial charge in [0.25, 0.3) is 5.56 Å². The van der Waals surface area contributed by atoms with Gasteiger partial charge in [0.2, 0.25) is 0 Å². The normalized spacial score (nSPS) is 12.8. The third-order valence-electron chi connectivity index (χ3n) is 2.27. The van der Waals surface area contributed by atoms with E-state index in [0.29, 0.717) is 0 Å². The summed E-state index contributed by atoms with van der Waals surface area (Å²) >= 11 is 0. The summed E-state index contributed by atoms with van der Waals surface area (Å²) in [6.45, 7) is 5.40. The zero-order chi connectivity index (χ0) is 11.6. The van der Waals surface area contributed by atoms with Crippen molar-refractivity contribution in [2.24, 2.45) is 5.92 Å². The first-order valence-electron chi connectivity index (χ1n) is 4.85. The van der Waals surface area contributed by atoms with E-state index in [9.17, 15) is 9.59 Å². The molecule has 0 aliphatic rings. The Balaban J connectivity index is 3.28. The molecule has 0 aromatic carbocycles. The van der Waals surface area contributed by atoms with E-state index < -0.39 is 12.0 Å². The number of carboxylic acids is 1. The van der Waals surface area contributed by atoms with Crippen LogP contribution in [0.1, 0.15) is 25.5 Å². The van der Waals surface area contributed by atoms with E-state index in [1.54, 1.807) is 26.1 Å². The maximum absolute atomic E-state index is 11.5. The number of hydrogen-bond acceptors (Lipinski definition) is 2. The van der Waals surface area contributed by atoms with Gasteiger partial charge in [0.1, 0.15) is 6.04 Å². The van der Waals surface area contributed by atoms with Crippen LogP contribution in [0.4, 0.5) is 0 Å². The number of nitrogens with zero attached hydrogens (tertiary/aromatic N) is 1. The monoisotopic (exact) mass is 209 g/mol. The van der Waals surface area contributed by atoms with Crippen LogP contribution < -0.4 is 5.56 Å². The van der Waals surface area contributed by atoms with Crippen LogP contribution in [0, 0.1) is 12.8 Å². The molecule has 1 aromatic rings. The summed E-state index contributed by atoms with van der Waals surface area (Å²) in [6.07, 6.45) is 1.58. The number of carboxylic acid groups (broad SMARTS) is 1. The zero-order valence-corrected chi connectivity index (χ0v) is 9.10. The van der Waals surface area contributed by atoms with E-state index in [1.807, 2.05) is 6.92 Å². The molecule has 4 nitrogen and oxygen atoms in total. The quantitative estimate of drug-likeness (QED) is 0.819. The topological polar surface area (TPSA) is 59.3 Å². The van der Waals surface area contributed by atoms with Gasteiger partial charge < -0.3 is 9.67 Å². The molecule has 0 bridgehead atoms. The minimum Gasteiger partial charge on any atom is -0.480 e. The zero-order valence-electron chi connectivity index (χ0n) is 9.10. The molecule has 1 N–H and O–H groups in total. The van der Waals surface area contributed by atoms with Crippen LogP contribution in [0.3, 0.4) is 0 Å². The Bertz CT molecular complexity index is 420. The van der Waals surface area contributed by atoms with Gasteiger partial charge in [0.05, 0.1) is 0 Å². The molecule has 15 heavy (non-hydrogen) atoms. The lowest BCUT2D eigenvalue weighted by atomic mass is 10.0. The van der Waals surface area contributed by atoms with Crippen LogP contribution in [-0.4, -0.2) is 15.6 Å². The van der Waals surface area contributed by atoms with Crippen LogP contribution in [0.25, 0.3) is 0 Å². The SMILES string of the molecule is Cc1ccc(=O)n(C(C(=O)O)C(C)C)c1. The number of rotatable bonds is 3. The molecule has 1 rings (SSSR count). The Morgan fingerprint density at radius 1 is 1.40 bits per heavy atom. The molecule has 0 spiro atoms. The standard InChI is InChI=1S/C11H15NO3/c1-7(2)10(11(14)15)12-6-8(3)4-5-9(12)13/h4-7,10H,1-3H3,(H,14,15). The second-order valence-corrected chi connectivity index (χ2v) is 3.98. The van der Waals surface area contributed by atoms with E-state index >= 15 is 0 Å². The molecular formula is C11H15NO3. The minimum absolute atomic E-state index is 0.123. The molecule has 0 fully saturated rings. The lowest BCUT2D eigenvalue weighted by Gasteiger charge is -2.19. The van der Waals surface area contributed by atoms with Gasteiger partial charge in [0.15, 0.2) is 0 Å². The Morgan fingerprint density at radius 2 is 2.00 bits per heavy atom. The molecule has 4 heteroatoms. The third-order valence-corrected chi connectivity index (χ3v) is 2.27. The largest absolute Gasteiger partial charge is 0.480 e. The second kappa shape index (κ2) is 4.29. The lowest BCUT2D eigenvalue weighted by Crippen LogP contribution is -2.32. The van der Waals surface area contributed by atoms with Crippen molar-refractivity contribution >= 4 is 5.97 Å². The maximum Gasteiger partial charge on any atom is 0.327 e. The van der Waals surface area contributed by atoms with E-state index in [0.717, 1.165) is 5.56 Å². The summed E-state index contributed by atoms with van der Waals surface area (Å²) in [7, 11) is 0. The molecule has 82 valence electrons. The van der Waals surface area contributed by atoms with E-state index in [4.69, 9.17) is 5.11 Å². The summed E-state index contributed by atoms with van der Waals surface area (Å²) in [6, 6.07) is 2.28. The fourth-order valence-electron chi connectivity index (χ4n) is 1.56. The molecule has 0 radical (unpaired) electrons. The summed E-state index contributed by atoms with van der Waals surface area (Å²) < 4.78 is 1.28. The Kier molecular flexibility index (Phi) is 3.29. The highest BCUT2D eigenvalue weighted by molar-refractivity contribution is 5.72. The molecule has 1 heterocycles. The van der Waals surface area contributed by atoms with Crippen molar-refractivity contribution in [1.82, 2.24) is 4.57 Å². The molecule has 1 atom stereocenters. The van der Waals surface area contributed by atoms with Gasteiger partial charge in [0, 0.05) is 12.3 Å². The molecule has 0 saturated carbocycles.